The van der Waals surface area contributed by atoms with Crippen LogP contribution in [0.3, 0.4) is 0 Å². The molecule has 0 atom stereocenters. The second-order valence-corrected chi connectivity index (χ2v) is 6.84. The lowest BCUT2D eigenvalue weighted by Crippen LogP contribution is -2.06. The van der Waals surface area contributed by atoms with Crippen molar-refractivity contribution in [3.8, 4) is 0 Å². The van der Waals surface area contributed by atoms with Gasteiger partial charge in [-0.15, -0.1) is 0 Å². The van der Waals surface area contributed by atoms with Crippen LogP contribution in [0.4, 0.5) is 0 Å². The third-order valence-electron chi connectivity index (χ3n) is 2.64. The van der Waals surface area contributed by atoms with Gasteiger partial charge < -0.3 is 4.42 Å². The van der Waals surface area contributed by atoms with Gasteiger partial charge in [0.25, 0.3) is 10.1 Å². The van der Waals surface area contributed by atoms with Crippen LogP contribution >= 0.6 is 0 Å². The number of oxazole rings is 1. The zero-order valence-corrected chi connectivity index (χ0v) is 13.4. The molecule has 1 aromatic rings. The Hall–Kier alpha value is -1.14. The highest BCUT2D eigenvalue weighted by Gasteiger charge is 2.10. The summed E-state index contributed by atoms with van der Waals surface area (Å²) in [6, 6.07) is 0. The Morgan fingerprint density at radius 1 is 1.35 bits per heavy atom. The van der Waals surface area contributed by atoms with Gasteiger partial charge in [0.05, 0.1) is 18.6 Å². The van der Waals surface area contributed by atoms with E-state index in [1.807, 2.05) is 13.0 Å². The first kappa shape index (κ1) is 16.9. The van der Waals surface area contributed by atoms with Gasteiger partial charge >= 0.3 is 0 Å². The molecule has 6 heteroatoms. The molecule has 1 rings (SSSR count). The van der Waals surface area contributed by atoms with Crippen LogP contribution in [0, 0.1) is 12.8 Å². The Balaban J connectivity index is 2.48. The molecule has 0 saturated heterocycles. The number of rotatable bonds is 8. The Morgan fingerprint density at radius 3 is 2.65 bits per heavy atom. The van der Waals surface area contributed by atoms with Crippen LogP contribution in [-0.4, -0.2) is 26.3 Å². The second kappa shape index (κ2) is 7.59. The normalized spacial score (nSPS) is 12.7. The first-order valence-electron chi connectivity index (χ1n) is 6.72. The minimum absolute atomic E-state index is 0.0921. The van der Waals surface area contributed by atoms with Crippen molar-refractivity contribution in [3.63, 3.8) is 0 Å². The van der Waals surface area contributed by atoms with Gasteiger partial charge in [-0.1, -0.05) is 26.0 Å². The molecule has 114 valence electrons. The van der Waals surface area contributed by atoms with E-state index in [1.54, 1.807) is 0 Å². The van der Waals surface area contributed by atoms with Crippen LogP contribution in [0.15, 0.2) is 16.6 Å². The topological polar surface area (TPSA) is 69.4 Å². The van der Waals surface area contributed by atoms with Gasteiger partial charge in [-0.25, -0.2) is 4.98 Å². The predicted molar refractivity (Wildman–Crippen MR) is 78.0 cm³/mol. The number of hydrogen-bond donors (Lipinski definition) is 0. The number of aromatic nitrogens is 1. The van der Waals surface area contributed by atoms with Crippen molar-refractivity contribution in [2.45, 2.75) is 40.0 Å². The zero-order valence-electron chi connectivity index (χ0n) is 12.5. The molecule has 0 N–H and O–H groups in total. The van der Waals surface area contributed by atoms with E-state index in [4.69, 9.17) is 8.60 Å². The summed E-state index contributed by atoms with van der Waals surface area (Å²) in [6.07, 6.45) is 7.32. The van der Waals surface area contributed by atoms with Crippen molar-refractivity contribution in [1.29, 1.82) is 0 Å². The fourth-order valence-electron chi connectivity index (χ4n) is 1.65. The average molecular weight is 301 g/mol. The van der Waals surface area contributed by atoms with E-state index in [9.17, 15) is 8.42 Å². The van der Waals surface area contributed by atoms with Crippen molar-refractivity contribution in [2.75, 3.05) is 12.9 Å². The molecule has 0 radical (unpaired) electrons. The van der Waals surface area contributed by atoms with E-state index in [0.717, 1.165) is 24.1 Å². The number of nitrogens with zero attached hydrogens (tertiary/aromatic N) is 1. The maximum Gasteiger partial charge on any atom is 0.264 e. The molecule has 5 nitrogen and oxygen atoms in total. The van der Waals surface area contributed by atoms with Crippen LogP contribution < -0.4 is 0 Å². The molecule has 0 aromatic carbocycles. The Morgan fingerprint density at radius 2 is 2.05 bits per heavy atom. The lowest BCUT2D eigenvalue weighted by molar-refractivity contribution is 0.324. The molecule has 0 unspecified atom stereocenters. The first-order valence-corrected chi connectivity index (χ1v) is 8.54. The smallest absolute Gasteiger partial charge is 0.264 e. The molecule has 0 aliphatic heterocycles. The lowest BCUT2D eigenvalue weighted by atomic mass is 10.1. The van der Waals surface area contributed by atoms with Crippen molar-refractivity contribution >= 4 is 10.1 Å². The minimum Gasteiger partial charge on any atom is -0.445 e. The molecule has 1 aromatic heterocycles. The molecule has 0 spiro atoms. The van der Waals surface area contributed by atoms with Crippen LogP contribution in [0.5, 0.6) is 0 Å². The van der Waals surface area contributed by atoms with Crippen molar-refractivity contribution in [2.24, 2.45) is 5.92 Å². The molecular weight excluding hydrogens is 278 g/mol. The van der Waals surface area contributed by atoms with Gasteiger partial charge in [0.2, 0.25) is 0 Å². The quantitative estimate of drug-likeness (QED) is 0.545. The van der Waals surface area contributed by atoms with Crippen LogP contribution in [0.2, 0.25) is 0 Å². The van der Waals surface area contributed by atoms with Gasteiger partial charge in [-0.05, 0) is 19.3 Å². The second-order valence-electron chi connectivity index (χ2n) is 5.19. The molecule has 1 heterocycles. The summed E-state index contributed by atoms with van der Waals surface area (Å²) in [7, 11) is -3.40. The van der Waals surface area contributed by atoms with Crippen molar-refractivity contribution in [3.05, 3.63) is 29.5 Å². The average Bonchev–Trinajstić information content (AvgIpc) is 2.64. The summed E-state index contributed by atoms with van der Waals surface area (Å²) in [5.74, 6) is 2.01. The van der Waals surface area contributed by atoms with Crippen LogP contribution in [-0.2, 0) is 27.1 Å². The largest absolute Gasteiger partial charge is 0.445 e. The highest BCUT2D eigenvalue weighted by Crippen LogP contribution is 2.12. The Kier molecular flexibility index (Phi) is 6.42. The lowest BCUT2D eigenvalue weighted by Gasteiger charge is -1.98. The standard InChI is InChI=1S/C14H23NO4S/c1-11(2)7-5-6-8-14-15-13(12(3)19-14)9-10-18-20(4,16)17/h5-6,11H,7-10H2,1-4H3. The maximum absolute atomic E-state index is 10.9. The van der Waals surface area contributed by atoms with E-state index in [1.165, 1.54) is 0 Å². The molecule has 0 amide bonds. The molecular formula is C14H23NO4S. The molecule has 20 heavy (non-hydrogen) atoms. The van der Waals surface area contributed by atoms with E-state index in [-0.39, 0.29) is 6.61 Å². The third kappa shape index (κ3) is 6.86. The summed E-state index contributed by atoms with van der Waals surface area (Å²) in [4.78, 5) is 4.35. The molecule has 0 aliphatic rings. The minimum atomic E-state index is -3.40. The van der Waals surface area contributed by atoms with Gasteiger partial charge in [0.15, 0.2) is 5.89 Å². The van der Waals surface area contributed by atoms with E-state index < -0.39 is 10.1 Å². The monoisotopic (exact) mass is 301 g/mol. The summed E-state index contributed by atoms with van der Waals surface area (Å²) in [5, 5.41) is 0. The van der Waals surface area contributed by atoms with E-state index in [0.29, 0.717) is 24.7 Å². The van der Waals surface area contributed by atoms with E-state index in [2.05, 4.69) is 24.9 Å². The van der Waals surface area contributed by atoms with Crippen LogP contribution in [0.25, 0.3) is 0 Å². The van der Waals surface area contributed by atoms with Gasteiger partial charge in [-0.2, -0.15) is 8.42 Å². The summed E-state index contributed by atoms with van der Waals surface area (Å²) in [5.41, 5.74) is 0.751. The van der Waals surface area contributed by atoms with Gasteiger partial charge in [0.1, 0.15) is 5.76 Å². The van der Waals surface area contributed by atoms with Gasteiger partial charge in [-0.3, -0.25) is 4.18 Å². The van der Waals surface area contributed by atoms with Crippen molar-refractivity contribution in [1.82, 2.24) is 4.98 Å². The number of aryl methyl sites for hydroxylation is 1. The summed E-state index contributed by atoms with van der Waals surface area (Å²) < 4.78 is 32.0. The first-order chi connectivity index (χ1) is 9.28. The molecule has 0 fully saturated rings. The SMILES string of the molecule is Cc1oc(CC=CCC(C)C)nc1CCOS(C)(=O)=O. The summed E-state index contributed by atoms with van der Waals surface area (Å²) in [6.45, 7) is 6.25. The van der Waals surface area contributed by atoms with Crippen molar-refractivity contribution < 1.29 is 17.0 Å². The van der Waals surface area contributed by atoms with E-state index >= 15 is 0 Å². The zero-order chi connectivity index (χ0) is 15.2. The maximum atomic E-state index is 10.9. The molecule has 0 aliphatic carbocycles. The molecule has 0 saturated carbocycles. The highest BCUT2D eigenvalue weighted by molar-refractivity contribution is 7.85. The fourth-order valence-corrected chi connectivity index (χ4v) is 2.04. The number of allylic oxidation sites excluding steroid dienone is 2. The number of hydrogen-bond acceptors (Lipinski definition) is 5. The fraction of sp³-hybridized carbons (Fsp3) is 0.643. The molecule has 0 bridgehead atoms. The predicted octanol–water partition coefficient (Wildman–Crippen LogP) is 2.65. The Bertz CT molecular complexity index is 544. The summed E-state index contributed by atoms with van der Waals surface area (Å²) >= 11 is 0. The Labute approximate surface area is 121 Å². The highest BCUT2D eigenvalue weighted by atomic mass is 32.2. The van der Waals surface area contributed by atoms with Crippen LogP contribution in [0.1, 0.15) is 37.6 Å². The third-order valence-corrected chi connectivity index (χ3v) is 3.23. The van der Waals surface area contributed by atoms with Gasteiger partial charge in [0, 0.05) is 12.8 Å².